The zero-order chi connectivity index (χ0) is 12.0. The lowest BCUT2D eigenvalue weighted by Gasteiger charge is -2.11. The third kappa shape index (κ3) is 3.35. The molecule has 0 spiro atoms. The van der Waals surface area contributed by atoms with Gasteiger partial charge in [-0.15, -0.1) is 0 Å². The van der Waals surface area contributed by atoms with E-state index >= 15 is 0 Å². The third-order valence-corrected chi connectivity index (χ3v) is 2.55. The first-order valence-corrected chi connectivity index (χ1v) is 5.62. The van der Waals surface area contributed by atoms with Crippen molar-refractivity contribution >= 4 is 5.78 Å². The highest BCUT2D eigenvalue weighted by molar-refractivity contribution is 5.81. The van der Waals surface area contributed by atoms with Gasteiger partial charge in [-0.2, -0.15) is 0 Å². The Balaban J connectivity index is 2.81. The highest BCUT2D eigenvalue weighted by atomic mass is 16.5. The smallest absolute Gasteiger partial charge is 0.137 e. The van der Waals surface area contributed by atoms with Gasteiger partial charge in [-0.25, -0.2) is 0 Å². The molecule has 0 aromatic heterocycles. The minimum absolute atomic E-state index is 0.249. The van der Waals surface area contributed by atoms with Gasteiger partial charge >= 0.3 is 0 Å². The fourth-order valence-electron chi connectivity index (χ4n) is 1.51. The summed E-state index contributed by atoms with van der Waals surface area (Å²) < 4.78 is 5.51. The molecule has 0 aliphatic rings. The summed E-state index contributed by atoms with van der Waals surface area (Å²) in [6, 6.07) is 5.79. The molecule has 0 unspecified atom stereocenters. The van der Waals surface area contributed by atoms with Gasteiger partial charge in [-0.1, -0.05) is 19.1 Å². The van der Waals surface area contributed by atoms with E-state index in [0.29, 0.717) is 26.0 Å². The Hall–Kier alpha value is -1.35. The molecule has 0 amide bonds. The zero-order valence-electron chi connectivity index (χ0n) is 9.95. The molecular weight excluding hydrogens is 202 g/mol. The lowest BCUT2D eigenvalue weighted by atomic mass is 10.0. The highest BCUT2D eigenvalue weighted by Crippen LogP contribution is 2.22. The maximum absolute atomic E-state index is 11.4. The van der Waals surface area contributed by atoms with Gasteiger partial charge in [-0.3, -0.25) is 4.79 Å². The summed E-state index contributed by atoms with van der Waals surface area (Å²) in [5.41, 5.74) is 7.47. The van der Waals surface area contributed by atoms with Gasteiger partial charge in [0.25, 0.3) is 0 Å². The average Bonchev–Trinajstić information content (AvgIpc) is 2.30. The number of carbonyl (C=O) groups excluding carboxylic acids is 1. The number of carbonyl (C=O) groups is 1. The molecule has 1 aromatic rings. The topological polar surface area (TPSA) is 52.3 Å². The summed E-state index contributed by atoms with van der Waals surface area (Å²) >= 11 is 0. The Bertz CT molecular complexity index is 361. The summed E-state index contributed by atoms with van der Waals surface area (Å²) in [7, 11) is 0. The maximum atomic E-state index is 11.4. The van der Waals surface area contributed by atoms with Crippen LogP contribution in [0.1, 0.15) is 24.5 Å². The molecule has 0 saturated carbocycles. The Morgan fingerprint density at radius 3 is 2.81 bits per heavy atom. The second-order valence-corrected chi connectivity index (χ2v) is 3.75. The van der Waals surface area contributed by atoms with Crippen molar-refractivity contribution in [1.82, 2.24) is 0 Å². The van der Waals surface area contributed by atoms with E-state index in [2.05, 4.69) is 0 Å². The molecule has 0 atom stereocenters. The molecule has 1 aromatic carbocycles. The van der Waals surface area contributed by atoms with E-state index in [9.17, 15) is 4.79 Å². The van der Waals surface area contributed by atoms with Gasteiger partial charge in [0.1, 0.15) is 18.1 Å². The van der Waals surface area contributed by atoms with Gasteiger partial charge in [-0.05, 0) is 24.1 Å². The van der Waals surface area contributed by atoms with Gasteiger partial charge < -0.3 is 10.5 Å². The van der Waals surface area contributed by atoms with Crippen LogP contribution >= 0.6 is 0 Å². The molecule has 0 bridgehead atoms. The van der Waals surface area contributed by atoms with Crippen molar-refractivity contribution in [2.24, 2.45) is 5.73 Å². The van der Waals surface area contributed by atoms with E-state index in [4.69, 9.17) is 10.5 Å². The van der Waals surface area contributed by atoms with Crippen molar-refractivity contribution in [1.29, 1.82) is 0 Å². The Morgan fingerprint density at radius 2 is 2.19 bits per heavy atom. The summed E-state index contributed by atoms with van der Waals surface area (Å²) in [6.45, 7) is 4.86. The molecule has 0 heterocycles. The lowest BCUT2D eigenvalue weighted by Crippen LogP contribution is -2.12. The van der Waals surface area contributed by atoms with Crippen molar-refractivity contribution in [3.05, 3.63) is 29.3 Å². The van der Waals surface area contributed by atoms with Crippen molar-refractivity contribution in [2.75, 3.05) is 13.2 Å². The van der Waals surface area contributed by atoms with Crippen LogP contribution in [-0.2, 0) is 11.2 Å². The predicted molar refractivity (Wildman–Crippen MR) is 64.7 cm³/mol. The monoisotopic (exact) mass is 221 g/mol. The molecule has 0 radical (unpaired) electrons. The SMILES string of the molecule is CCC(=O)Cc1cccc(OCCN)c1C. The zero-order valence-corrected chi connectivity index (χ0v) is 9.95. The van der Waals surface area contributed by atoms with Crippen LogP contribution in [0.5, 0.6) is 5.75 Å². The van der Waals surface area contributed by atoms with Crippen molar-refractivity contribution < 1.29 is 9.53 Å². The van der Waals surface area contributed by atoms with E-state index in [1.807, 2.05) is 32.0 Å². The third-order valence-electron chi connectivity index (χ3n) is 2.55. The number of Topliss-reactive ketones (excluding diaryl/α,β-unsaturated/α-hetero) is 1. The van der Waals surface area contributed by atoms with Crippen molar-refractivity contribution in [3.63, 3.8) is 0 Å². The minimum atomic E-state index is 0.249. The normalized spacial score (nSPS) is 10.2. The summed E-state index contributed by atoms with van der Waals surface area (Å²) in [6.07, 6.45) is 1.06. The Morgan fingerprint density at radius 1 is 1.44 bits per heavy atom. The van der Waals surface area contributed by atoms with Crippen molar-refractivity contribution in [3.8, 4) is 5.75 Å². The van der Waals surface area contributed by atoms with Crippen LogP contribution in [0.2, 0.25) is 0 Å². The lowest BCUT2D eigenvalue weighted by molar-refractivity contribution is -0.118. The quantitative estimate of drug-likeness (QED) is 0.797. The number of ketones is 1. The molecule has 2 N–H and O–H groups in total. The summed E-state index contributed by atoms with van der Waals surface area (Å²) in [5.74, 6) is 1.07. The fraction of sp³-hybridized carbons (Fsp3) is 0.462. The Labute approximate surface area is 96.6 Å². The number of nitrogens with two attached hydrogens (primary N) is 1. The van der Waals surface area contributed by atoms with Gasteiger partial charge in [0.15, 0.2) is 0 Å². The molecule has 88 valence electrons. The fourth-order valence-corrected chi connectivity index (χ4v) is 1.51. The average molecular weight is 221 g/mol. The van der Waals surface area contributed by atoms with Crippen molar-refractivity contribution in [2.45, 2.75) is 26.7 Å². The highest BCUT2D eigenvalue weighted by Gasteiger charge is 2.07. The second kappa shape index (κ2) is 6.28. The van der Waals surface area contributed by atoms with Crippen LogP contribution in [0.25, 0.3) is 0 Å². The van der Waals surface area contributed by atoms with E-state index in [1.54, 1.807) is 0 Å². The van der Waals surface area contributed by atoms with Gasteiger partial charge in [0.2, 0.25) is 0 Å². The Kier molecular flexibility index (Phi) is 4.99. The van der Waals surface area contributed by atoms with E-state index in [-0.39, 0.29) is 5.78 Å². The number of benzene rings is 1. The number of rotatable bonds is 6. The van der Waals surface area contributed by atoms with Crippen LogP contribution in [-0.4, -0.2) is 18.9 Å². The second-order valence-electron chi connectivity index (χ2n) is 3.75. The first kappa shape index (κ1) is 12.7. The molecule has 0 aliphatic carbocycles. The maximum Gasteiger partial charge on any atom is 0.137 e. The number of ether oxygens (including phenoxy) is 1. The molecule has 1 rings (SSSR count). The first-order chi connectivity index (χ1) is 7.69. The van der Waals surface area contributed by atoms with Gasteiger partial charge in [0.05, 0.1) is 0 Å². The minimum Gasteiger partial charge on any atom is -0.492 e. The first-order valence-electron chi connectivity index (χ1n) is 5.62. The molecular formula is C13H19NO2. The molecule has 3 nitrogen and oxygen atoms in total. The molecule has 0 aliphatic heterocycles. The molecule has 16 heavy (non-hydrogen) atoms. The van der Waals surface area contributed by atoms with E-state index in [0.717, 1.165) is 16.9 Å². The molecule has 0 saturated heterocycles. The van der Waals surface area contributed by atoms with Crippen LogP contribution in [0.4, 0.5) is 0 Å². The largest absolute Gasteiger partial charge is 0.492 e. The standard InChI is InChI=1S/C13H19NO2/c1-3-12(15)9-11-5-4-6-13(10(11)2)16-8-7-14/h4-6H,3,7-9,14H2,1-2H3. The van der Waals surface area contributed by atoms with Gasteiger partial charge in [0, 0.05) is 19.4 Å². The predicted octanol–water partition coefficient (Wildman–Crippen LogP) is 1.85. The molecule has 3 heteroatoms. The molecule has 0 fully saturated rings. The van der Waals surface area contributed by atoms with E-state index < -0.39 is 0 Å². The number of hydrogen-bond donors (Lipinski definition) is 1. The number of hydrogen-bond acceptors (Lipinski definition) is 3. The van der Waals surface area contributed by atoms with Crippen LogP contribution in [0.3, 0.4) is 0 Å². The summed E-state index contributed by atoms with van der Waals surface area (Å²) in [5, 5.41) is 0. The van der Waals surface area contributed by atoms with E-state index in [1.165, 1.54) is 0 Å². The van der Waals surface area contributed by atoms with Crippen LogP contribution in [0.15, 0.2) is 18.2 Å². The van der Waals surface area contributed by atoms with Crippen LogP contribution in [0, 0.1) is 6.92 Å². The summed E-state index contributed by atoms with van der Waals surface area (Å²) in [4.78, 5) is 11.4. The van der Waals surface area contributed by atoms with Crippen LogP contribution < -0.4 is 10.5 Å².